The number of aryl methyl sites for hydroxylation is 2. The summed E-state index contributed by atoms with van der Waals surface area (Å²) in [5.74, 6) is 1.56. The lowest BCUT2D eigenvalue weighted by molar-refractivity contribution is 0.0698. The summed E-state index contributed by atoms with van der Waals surface area (Å²) in [6.45, 7) is 13.8. The first-order chi connectivity index (χ1) is 17.9. The predicted molar refractivity (Wildman–Crippen MR) is 152 cm³/mol. The van der Waals surface area contributed by atoms with Crippen LogP contribution in [-0.2, 0) is 0 Å². The highest BCUT2D eigenvalue weighted by molar-refractivity contribution is 6.09. The second-order valence-corrected chi connectivity index (χ2v) is 10.3. The fourth-order valence-electron chi connectivity index (χ4n) is 5.47. The Morgan fingerprint density at radius 1 is 1.03 bits per heavy atom. The van der Waals surface area contributed by atoms with Crippen molar-refractivity contribution in [2.75, 3.05) is 31.5 Å². The van der Waals surface area contributed by atoms with Crippen molar-refractivity contribution in [1.82, 2.24) is 4.90 Å². The molecule has 0 aromatic heterocycles. The maximum Gasteiger partial charge on any atom is 0.254 e. The zero-order valence-electron chi connectivity index (χ0n) is 22.6. The van der Waals surface area contributed by atoms with Crippen LogP contribution < -0.4 is 10.7 Å². The van der Waals surface area contributed by atoms with Crippen molar-refractivity contribution < 1.29 is 9.21 Å². The Balaban J connectivity index is 1.80. The fourth-order valence-corrected chi connectivity index (χ4v) is 5.47. The van der Waals surface area contributed by atoms with Gasteiger partial charge in [0.2, 0.25) is 0 Å². The number of benzene rings is 3. The SMILES string of the molecule is CCN=c1cc2oc3cc(NCC)c(C)cc3c(-c3ccccc3C(=O)N3CCC(C)CC3)c-2cc1C. The van der Waals surface area contributed by atoms with Crippen LogP contribution in [0.15, 0.2) is 57.9 Å². The van der Waals surface area contributed by atoms with Gasteiger partial charge in [0.05, 0.1) is 5.36 Å². The van der Waals surface area contributed by atoms with Crippen LogP contribution in [-0.4, -0.2) is 37.0 Å². The minimum Gasteiger partial charge on any atom is -0.456 e. The molecular formula is C32H37N3O2. The standard InChI is InChI=1S/C32H37N3O2/c1-6-33-27-18-29-25(16-21(27)4)31(26-17-22(5)28(34-7-2)19-30(26)37-29)23-10-8-9-11-24(23)32(36)35-14-12-20(3)13-15-35/h8-11,16-20,33H,6-7,12-15H2,1-5H3. The molecule has 192 valence electrons. The number of hydrogen-bond donors (Lipinski definition) is 1. The van der Waals surface area contributed by atoms with E-state index in [1.165, 1.54) is 0 Å². The number of likely N-dealkylation sites (tertiary alicyclic amines) is 1. The van der Waals surface area contributed by atoms with E-state index in [1.807, 2.05) is 36.1 Å². The van der Waals surface area contributed by atoms with Crippen LogP contribution in [0.25, 0.3) is 33.4 Å². The molecule has 3 aliphatic rings. The second kappa shape index (κ2) is 10.4. The third-order valence-corrected chi connectivity index (χ3v) is 7.58. The molecule has 5 heteroatoms. The number of amides is 1. The molecule has 0 saturated carbocycles. The summed E-state index contributed by atoms with van der Waals surface area (Å²) < 4.78 is 6.53. The molecule has 2 aromatic rings. The van der Waals surface area contributed by atoms with E-state index in [-0.39, 0.29) is 5.91 Å². The van der Waals surface area contributed by atoms with Crippen LogP contribution in [0.5, 0.6) is 0 Å². The number of hydrogen-bond acceptors (Lipinski definition) is 4. The van der Waals surface area contributed by atoms with Gasteiger partial charge >= 0.3 is 0 Å². The van der Waals surface area contributed by atoms with Crippen molar-refractivity contribution in [2.24, 2.45) is 10.9 Å². The minimum absolute atomic E-state index is 0.111. The molecule has 1 amide bonds. The summed E-state index contributed by atoms with van der Waals surface area (Å²) in [5.41, 5.74) is 7.84. The van der Waals surface area contributed by atoms with Crippen molar-refractivity contribution in [3.8, 4) is 22.5 Å². The zero-order valence-corrected chi connectivity index (χ0v) is 22.6. The fraction of sp³-hybridized carbons (Fsp3) is 0.375. The monoisotopic (exact) mass is 495 g/mol. The van der Waals surface area contributed by atoms with Crippen molar-refractivity contribution in [3.63, 3.8) is 0 Å². The first kappa shape index (κ1) is 25.1. The maximum absolute atomic E-state index is 13.9. The van der Waals surface area contributed by atoms with Crippen molar-refractivity contribution in [1.29, 1.82) is 0 Å². The quantitative estimate of drug-likeness (QED) is 0.302. The molecule has 1 saturated heterocycles. The maximum atomic E-state index is 13.9. The van der Waals surface area contributed by atoms with Crippen LogP contribution in [0.2, 0.25) is 0 Å². The van der Waals surface area contributed by atoms with Crippen LogP contribution in [0.3, 0.4) is 0 Å². The average Bonchev–Trinajstić information content (AvgIpc) is 2.89. The van der Waals surface area contributed by atoms with E-state index >= 15 is 0 Å². The lowest BCUT2D eigenvalue weighted by atomic mass is 9.88. The van der Waals surface area contributed by atoms with Crippen molar-refractivity contribution in [2.45, 2.75) is 47.5 Å². The Kier molecular flexibility index (Phi) is 7.05. The Labute approximate surface area is 219 Å². The normalized spacial score (nSPS) is 15.1. The van der Waals surface area contributed by atoms with E-state index in [2.05, 4.69) is 62.3 Å². The van der Waals surface area contributed by atoms with E-state index in [9.17, 15) is 4.79 Å². The summed E-state index contributed by atoms with van der Waals surface area (Å²) >= 11 is 0. The summed E-state index contributed by atoms with van der Waals surface area (Å²) in [6.07, 6.45) is 2.11. The van der Waals surface area contributed by atoms with Crippen LogP contribution in [0, 0.1) is 19.8 Å². The van der Waals surface area contributed by atoms with Gasteiger partial charge in [-0.25, -0.2) is 0 Å². The first-order valence-electron chi connectivity index (χ1n) is 13.6. The highest BCUT2D eigenvalue weighted by atomic mass is 16.3. The molecule has 0 unspecified atom stereocenters. The summed E-state index contributed by atoms with van der Waals surface area (Å²) in [7, 11) is 0. The lowest BCUT2D eigenvalue weighted by Crippen LogP contribution is -2.38. The molecule has 1 fully saturated rings. The van der Waals surface area contributed by atoms with Gasteiger partial charge in [0.15, 0.2) is 0 Å². The molecule has 0 radical (unpaired) electrons. The van der Waals surface area contributed by atoms with E-state index in [1.54, 1.807) is 0 Å². The molecule has 1 aliphatic carbocycles. The largest absolute Gasteiger partial charge is 0.456 e. The molecule has 0 atom stereocenters. The van der Waals surface area contributed by atoms with Gasteiger partial charge in [0, 0.05) is 66.1 Å². The van der Waals surface area contributed by atoms with E-state index in [0.29, 0.717) is 12.5 Å². The molecule has 5 nitrogen and oxygen atoms in total. The third-order valence-electron chi connectivity index (χ3n) is 7.58. The molecule has 2 aromatic carbocycles. The van der Waals surface area contributed by atoms with Gasteiger partial charge in [-0.2, -0.15) is 0 Å². The molecule has 0 spiro atoms. The zero-order chi connectivity index (χ0) is 26.1. The van der Waals surface area contributed by atoms with Gasteiger partial charge in [-0.15, -0.1) is 0 Å². The molecule has 0 bridgehead atoms. The van der Waals surface area contributed by atoms with Gasteiger partial charge < -0.3 is 14.6 Å². The van der Waals surface area contributed by atoms with Gasteiger partial charge in [-0.1, -0.05) is 25.1 Å². The number of carbonyl (C=O) groups excluding carboxylic acids is 1. The Bertz CT molecular complexity index is 1490. The average molecular weight is 496 g/mol. The molecule has 37 heavy (non-hydrogen) atoms. The second-order valence-electron chi connectivity index (χ2n) is 10.3. The smallest absolute Gasteiger partial charge is 0.254 e. The topological polar surface area (TPSA) is 57.8 Å². The summed E-state index contributed by atoms with van der Waals surface area (Å²) in [6, 6.07) is 16.5. The number of nitrogens with one attached hydrogen (secondary N) is 1. The van der Waals surface area contributed by atoms with Gasteiger partial charge in [0.25, 0.3) is 5.91 Å². The molecule has 1 N–H and O–H groups in total. The predicted octanol–water partition coefficient (Wildman–Crippen LogP) is 7.05. The third kappa shape index (κ3) is 4.75. The van der Waals surface area contributed by atoms with Crippen molar-refractivity contribution in [3.05, 3.63) is 70.6 Å². The molecule has 5 rings (SSSR count). The molecule has 2 heterocycles. The van der Waals surface area contributed by atoms with E-state index in [0.717, 1.165) is 93.6 Å². The van der Waals surface area contributed by atoms with Gasteiger partial charge in [0.1, 0.15) is 11.3 Å². The number of carbonyl (C=O) groups is 1. The van der Waals surface area contributed by atoms with Gasteiger partial charge in [-0.05, 0) is 81.3 Å². The minimum atomic E-state index is 0.111. The van der Waals surface area contributed by atoms with Crippen molar-refractivity contribution >= 4 is 22.6 Å². The van der Waals surface area contributed by atoms with E-state index < -0.39 is 0 Å². The van der Waals surface area contributed by atoms with Crippen LogP contribution in [0.4, 0.5) is 5.69 Å². The van der Waals surface area contributed by atoms with Crippen LogP contribution in [0.1, 0.15) is 55.1 Å². The summed E-state index contributed by atoms with van der Waals surface area (Å²) in [4.78, 5) is 20.6. The van der Waals surface area contributed by atoms with Gasteiger partial charge in [-0.3, -0.25) is 9.79 Å². The Morgan fingerprint density at radius 2 is 1.78 bits per heavy atom. The number of rotatable bonds is 5. The highest BCUT2D eigenvalue weighted by Crippen LogP contribution is 2.43. The van der Waals surface area contributed by atoms with Crippen LogP contribution >= 0.6 is 0 Å². The number of piperidine rings is 1. The molecule has 2 aliphatic heterocycles. The lowest BCUT2D eigenvalue weighted by Gasteiger charge is -2.31. The Hall–Kier alpha value is -3.60. The number of anilines is 1. The van der Waals surface area contributed by atoms with E-state index in [4.69, 9.17) is 4.42 Å². The first-order valence-corrected chi connectivity index (χ1v) is 13.6. The highest BCUT2D eigenvalue weighted by Gasteiger charge is 2.26. The number of nitrogens with zero attached hydrogens (tertiary/aromatic N) is 2. The summed E-state index contributed by atoms with van der Waals surface area (Å²) in [5, 5.41) is 5.41. The number of fused-ring (bicyclic) bond motifs is 2. The Morgan fingerprint density at radius 3 is 2.51 bits per heavy atom. The molecular weight excluding hydrogens is 458 g/mol.